The smallest absolute Gasteiger partial charge is 0.255 e. The largest absolute Gasteiger partial charge is 0.487 e. The number of hydrogen-bond donors (Lipinski definition) is 1. The van der Waals surface area contributed by atoms with Crippen LogP contribution in [0.4, 0.5) is 5.69 Å². The predicted octanol–water partition coefficient (Wildman–Crippen LogP) is 6.03. The molecule has 1 aromatic heterocycles. The van der Waals surface area contributed by atoms with E-state index < -0.39 is 0 Å². The Balaban J connectivity index is 1.46. The maximum Gasteiger partial charge on any atom is 0.255 e. The molecule has 0 spiro atoms. The molecule has 162 valence electrons. The number of benzene rings is 3. The standard InChI is InChI=1S/C26H24ClN3O2/c1-18-25(19(2)30(29-18)16-20-9-4-3-5-10-20)28-26(31)22-12-8-11-21(15-22)17-32-24-14-7-6-13-23(24)27/h3-15H,16-17H2,1-2H3,(H,28,31). The van der Waals surface area contributed by atoms with E-state index in [9.17, 15) is 4.79 Å². The summed E-state index contributed by atoms with van der Waals surface area (Å²) in [5, 5.41) is 8.19. The lowest BCUT2D eigenvalue weighted by Crippen LogP contribution is -2.14. The molecule has 3 aromatic carbocycles. The van der Waals surface area contributed by atoms with Gasteiger partial charge >= 0.3 is 0 Å². The van der Waals surface area contributed by atoms with Crippen molar-refractivity contribution in [2.45, 2.75) is 27.0 Å². The van der Waals surface area contributed by atoms with Crippen molar-refractivity contribution >= 4 is 23.2 Å². The first-order chi connectivity index (χ1) is 15.5. The summed E-state index contributed by atoms with van der Waals surface area (Å²) in [5.41, 5.74) is 5.03. The highest BCUT2D eigenvalue weighted by atomic mass is 35.5. The fourth-order valence-corrected chi connectivity index (χ4v) is 3.69. The van der Waals surface area contributed by atoms with Crippen LogP contribution in [0.1, 0.15) is 32.9 Å². The molecule has 4 rings (SSSR count). The molecule has 4 aromatic rings. The van der Waals surface area contributed by atoms with Crippen molar-refractivity contribution in [3.8, 4) is 5.75 Å². The number of carbonyl (C=O) groups is 1. The highest BCUT2D eigenvalue weighted by Crippen LogP contribution is 2.25. The maximum atomic E-state index is 13.0. The van der Waals surface area contributed by atoms with E-state index in [1.807, 2.05) is 73.1 Å². The van der Waals surface area contributed by atoms with Gasteiger partial charge in [-0.15, -0.1) is 0 Å². The number of ether oxygens (including phenoxy) is 1. The predicted molar refractivity (Wildman–Crippen MR) is 127 cm³/mol. The van der Waals surface area contributed by atoms with E-state index in [0.717, 1.165) is 28.2 Å². The molecule has 0 aliphatic rings. The van der Waals surface area contributed by atoms with Gasteiger partial charge in [-0.1, -0.05) is 66.2 Å². The molecule has 0 fully saturated rings. The summed E-state index contributed by atoms with van der Waals surface area (Å²) in [6, 6.07) is 24.8. The van der Waals surface area contributed by atoms with Gasteiger partial charge in [0.15, 0.2) is 0 Å². The first kappa shape index (κ1) is 21.7. The third kappa shape index (κ3) is 5.01. The number of rotatable bonds is 7. The van der Waals surface area contributed by atoms with Gasteiger partial charge < -0.3 is 10.1 Å². The highest BCUT2D eigenvalue weighted by molar-refractivity contribution is 6.32. The quantitative estimate of drug-likeness (QED) is 0.377. The lowest BCUT2D eigenvalue weighted by Gasteiger charge is -2.10. The molecule has 5 nitrogen and oxygen atoms in total. The number of aryl methyl sites for hydroxylation is 1. The Morgan fingerprint density at radius 1 is 0.969 bits per heavy atom. The number of hydrogen-bond acceptors (Lipinski definition) is 3. The molecular formula is C26H24ClN3O2. The zero-order valence-corrected chi connectivity index (χ0v) is 18.8. The summed E-state index contributed by atoms with van der Waals surface area (Å²) < 4.78 is 7.71. The molecule has 0 bridgehead atoms. The normalized spacial score (nSPS) is 10.7. The summed E-state index contributed by atoms with van der Waals surface area (Å²) in [6.45, 7) is 4.83. The fourth-order valence-electron chi connectivity index (χ4n) is 3.50. The second kappa shape index (κ2) is 9.71. The molecule has 1 amide bonds. The summed E-state index contributed by atoms with van der Waals surface area (Å²) in [7, 11) is 0. The first-order valence-corrected chi connectivity index (χ1v) is 10.7. The van der Waals surface area contributed by atoms with Crippen LogP contribution in [-0.4, -0.2) is 15.7 Å². The fraction of sp³-hybridized carbons (Fsp3) is 0.154. The molecule has 0 saturated heterocycles. The van der Waals surface area contributed by atoms with Crippen molar-refractivity contribution < 1.29 is 9.53 Å². The number of para-hydroxylation sites is 1. The molecule has 0 radical (unpaired) electrons. The Morgan fingerprint density at radius 3 is 2.47 bits per heavy atom. The first-order valence-electron chi connectivity index (χ1n) is 10.4. The van der Waals surface area contributed by atoms with Crippen LogP contribution in [0.25, 0.3) is 0 Å². The van der Waals surface area contributed by atoms with E-state index >= 15 is 0 Å². The van der Waals surface area contributed by atoms with Gasteiger partial charge in [0, 0.05) is 5.56 Å². The molecule has 1 N–H and O–H groups in total. The molecule has 0 aliphatic heterocycles. The molecule has 1 heterocycles. The molecular weight excluding hydrogens is 422 g/mol. The van der Waals surface area contributed by atoms with Crippen LogP contribution in [0.3, 0.4) is 0 Å². The number of nitrogens with zero attached hydrogens (tertiary/aromatic N) is 2. The summed E-state index contributed by atoms with van der Waals surface area (Å²) in [6.07, 6.45) is 0. The lowest BCUT2D eigenvalue weighted by atomic mass is 10.1. The highest BCUT2D eigenvalue weighted by Gasteiger charge is 2.16. The second-order valence-electron chi connectivity index (χ2n) is 7.56. The number of nitrogens with one attached hydrogen (secondary N) is 1. The lowest BCUT2D eigenvalue weighted by molar-refractivity contribution is 0.102. The van der Waals surface area contributed by atoms with Crippen molar-refractivity contribution in [1.82, 2.24) is 9.78 Å². The Morgan fingerprint density at radius 2 is 1.69 bits per heavy atom. The van der Waals surface area contributed by atoms with Gasteiger partial charge in [-0.2, -0.15) is 5.10 Å². The Bertz CT molecular complexity index is 1240. The molecule has 0 saturated carbocycles. The molecule has 0 atom stereocenters. The Hall–Kier alpha value is -3.57. The summed E-state index contributed by atoms with van der Waals surface area (Å²) in [5.74, 6) is 0.427. The number of amides is 1. The van der Waals surface area contributed by atoms with Crippen molar-refractivity contribution in [2.75, 3.05) is 5.32 Å². The summed E-state index contributed by atoms with van der Waals surface area (Å²) >= 11 is 6.15. The van der Waals surface area contributed by atoms with E-state index in [1.165, 1.54) is 0 Å². The van der Waals surface area contributed by atoms with Crippen LogP contribution >= 0.6 is 11.6 Å². The van der Waals surface area contributed by atoms with E-state index in [2.05, 4.69) is 22.5 Å². The van der Waals surface area contributed by atoms with Crippen LogP contribution < -0.4 is 10.1 Å². The third-order valence-electron chi connectivity index (χ3n) is 5.22. The van der Waals surface area contributed by atoms with Crippen LogP contribution in [0.5, 0.6) is 5.75 Å². The van der Waals surface area contributed by atoms with Crippen molar-refractivity contribution in [3.05, 3.63) is 112 Å². The zero-order chi connectivity index (χ0) is 22.5. The van der Waals surface area contributed by atoms with Crippen LogP contribution in [-0.2, 0) is 13.2 Å². The van der Waals surface area contributed by atoms with Gasteiger partial charge in [-0.05, 0) is 49.2 Å². The minimum Gasteiger partial charge on any atom is -0.487 e. The van der Waals surface area contributed by atoms with Crippen molar-refractivity contribution in [3.63, 3.8) is 0 Å². The third-order valence-corrected chi connectivity index (χ3v) is 5.53. The number of carbonyl (C=O) groups excluding carboxylic acids is 1. The van der Waals surface area contributed by atoms with Crippen molar-refractivity contribution in [2.24, 2.45) is 0 Å². The minimum atomic E-state index is -0.185. The molecule has 0 aliphatic carbocycles. The van der Waals surface area contributed by atoms with Crippen LogP contribution in [0, 0.1) is 13.8 Å². The number of aromatic nitrogens is 2. The van der Waals surface area contributed by atoms with E-state index in [4.69, 9.17) is 16.3 Å². The average Bonchev–Trinajstić information content (AvgIpc) is 3.06. The van der Waals surface area contributed by atoms with Crippen LogP contribution in [0.2, 0.25) is 5.02 Å². The van der Waals surface area contributed by atoms with E-state index in [-0.39, 0.29) is 5.91 Å². The monoisotopic (exact) mass is 445 g/mol. The van der Waals surface area contributed by atoms with Crippen LogP contribution in [0.15, 0.2) is 78.9 Å². The van der Waals surface area contributed by atoms with E-state index in [0.29, 0.717) is 29.5 Å². The summed E-state index contributed by atoms with van der Waals surface area (Å²) in [4.78, 5) is 13.0. The second-order valence-corrected chi connectivity index (χ2v) is 7.97. The van der Waals surface area contributed by atoms with Crippen molar-refractivity contribution in [1.29, 1.82) is 0 Å². The van der Waals surface area contributed by atoms with Gasteiger partial charge in [0.2, 0.25) is 0 Å². The SMILES string of the molecule is Cc1nn(Cc2ccccc2)c(C)c1NC(=O)c1cccc(COc2ccccc2Cl)c1. The Kier molecular flexibility index (Phi) is 6.57. The van der Waals surface area contributed by atoms with E-state index in [1.54, 1.807) is 12.1 Å². The Labute approximate surface area is 192 Å². The van der Waals surface area contributed by atoms with Gasteiger partial charge in [0.25, 0.3) is 5.91 Å². The maximum absolute atomic E-state index is 13.0. The van der Waals surface area contributed by atoms with Gasteiger partial charge in [-0.3, -0.25) is 9.48 Å². The van der Waals surface area contributed by atoms with Gasteiger partial charge in [0.05, 0.1) is 28.6 Å². The number of halogens is 1. The zero-order valence-electron chi connectivity index (χ0n) is 18.0. The molecule has 0 unspecified atom stereocenters. The molecule has 6 heteroatoms. The van der Waals surface area contributed by atoms with Gasteiger partial charge in [-0.25, -0.2) is 0 Å². The average molecular weight is 446 g/mol. The number of anilines is 1. The van der Waals surface area contributed by atoms with Gasteiger partial charge in [0.1, 0.15) is 12.4 Å². The molecule has 32 heavy (non-hydrogen) atoms. The minimum absolute atomic E-state index is 0.185. The topological polar surface area (TPSA) is 56.2 Å².